The van der Waals surface area contributed by atoms with Gasteiger partial charge in [-0.1, -0.05) is 12.8 Å². The van der Waals surface area contributed by atoms with E-state index in [1.165, 1.54) is 69.3 Å². The van der Waals surface area contributed by atoms with Crippen molar-refractivity contribution in [2.45, 2.75) is 50.4 Å². The van der Waals surface area contributed by atoms with Crippen LogP contribution in [-0.4, -0.2) is 26.7 Å². The Kier molecular flexibility index (Phi) is 4.39. The summed E-state index contributed by atoms with van der Waals surface area (Å²) >= 11 is 0. The van der Waals surface area contributed by atoms with Gasteiger partial charge in [-0.3, -0.25) is 0 Å². The summed E-state index contributed by atoms with van der Waals surface area (Å²) < 4.78 is 5.49. The molecule has 1 aromatic carbocycles. The number of benzene rings is 1. The highest BCUT2D eigenvalue weighted by Gasteiger charge is 2.37. The van der Waals surface area contributed by atoms with E-state index < -0.39 is 0 Å². The van der Waals surface area contributed by atoms with Crippen molar-refractivity contribution < 1.29 is 4.74 Å². The molecule has 0 amide bonds. The predicted octanol–water partition coefficient (Wildman–Crippen LogP) is 3.46. The van der Waals surface area contributed by atoms with Crippen LogP contribution in [0, 0.1) is 0 Å². The van der Waals surface area contributed by atoms with E-state index in [-0.39, 0.29) is 5.41 Å². The molecule has 0 atom stereocenters. The van der Waals surface area contributed by atoms with Gasteiger partial charge in [0.25, 0.3) is 0 Å². The largest absolute Gasteiger partial charge is 0.497 e. The molecule has 1 saturated heterocycles. The van der Waals surface area contributed by atoms with E-state index in [0.717, 1.165) is 12.3 Å². The summed E-state index contributed by atoms with van der Waals surface area (Å²) in [5.41, 5.74) is 9.24. The summed E-state index contributed by atoms with van der Waals surface area (Å²) in [6.45, 7) is 3.11. The molecule has 3 heteroatoms. The fraction of sp³-hybridized carbons (Fsp3) is 0.667. The fourth-order valence-corrected chi connectivity index (χ4v) is 4.11. The molecule has 0 aromatic heterocycles. The van der Waals surface area contributed by atoms with Crippen LogP contribution in [0.5, 0.6) is 5.75 Å². The van der Waals surface area contributed by atoms with E-state index >= 15 is 0 Å². The monoisotopic (exact) mass is 288 g/mol. The average molecular weight is 288 g/mol. The fourth-order valence-electron chi connectivity index (χ4n) is 4.11. The smallest absolute Gasteiger partial charge is 0.119 e. The highest BCUT2D eigenvalue weighted by molar-refractivity contribution is 5.60. The highest BCUT2D eigenvalue weighted by Crippen LogP contribution is 2.45. The lowest BCUT2D eigenvalue weighted by molar-refractivity contribution is 0.407. The van der Waals surface area contributed by atoms with E-state index in [4.69, 9.17) is 10.5 Å². The van der Waals surface area contributed by atoms with Crippen molar-refractivity contribution in [2.24, 2.45) is 5.73 Å². The second kappa shape index (κ2) is 6.27. The van der Waals surface area contributed by atoms with Gasteiger partial charge in [-0.25, -0.2) is 0 Å². The van der Waals surface area contributed by atoms with Crippen molar-refractivity contribution in [1.82, 2.24) is 0 Å². The lowest BCUT2D eigenvalue weighted by atomic mass is 9.77. The first-order valence-corrected chi connectivity index (χ1v) is 8.43. The maximum Gasteiger partial charge on any atom is 0.119 e. The van der Waals surface area contributed by atoms with Crippen molar-refractivity contribution in [3.05, 3.63) is 23.8 Å². The van der Waals surface area contributed by atoms with Gasteiger partial charge in [0.05, 0.1) is 7.11 Å². The molecule has 1 saturated carbocycles. The maximum atomic E-state index is 6.23. The number of nitrogens with two attached hydrogens (primary N) is 1. The third kappa shape index (κ3) is 2.76. The van der Waals surface area contributed by atoms with Gasteiger partial charge in [0.15, 0.2) is 0 Å². The Morgan fingerprint density at radius 1 is 1.10 bits per heavy atom. The quantitative estimate of drug-likeness (QED) is 0.922. The molecule has 1 aromatic rings. The number of anilines is 1. The Morgan fingerprint density at radius 3 is 2.43 bits per heavy atom. The molecule has 3 nitrogen and oxygen atoms in total. The van der Waals surface area contributed by atoms with Crippen LogP contribution < -0.4 is 15.4 Å². The summed E-state index contributed by atoms with van der Waals surface area (Å²) in [6.07, 6.45) is 9.02. The molecule has 1 aliphatic heterocycles. The average Bonchev–Trinajstić information content (AvgIpc) is 3.05. The molecule has 2 fully saturated rings. The molecule has 0 spiro atoms. The van der Waals surface area contributed by atoms with Gasteiger partial charge in [-0.05, 0) is 55.9 Å². The number of rotatable bonds is 4. The second-order valence-corrected chi connectivity index (χ2v) is 6.62. The molecule has 0 radical (unpaired) electrons. The lowest BCUT2D eigenvalue weighted by Gasteiger charge is -2.37. The highest BCUT2D eigenvalue weighted by atomic mass is 16.5. The molecule has 0 unspecified atom stereocenters. The van der Waals surface area contributed by atoms with Gasteiger partial charge >= 0.3 is 0 Å². The van der Waals surface area contributed by atoms with E-state index in [1.807, 2.05) is 0 Å². The van der Waals surface area contributed by atoms with Crippen LogP contribution >= 0.6 is 0 Å². The molecular formula is C18H28N2O. The Labute approximate surface area is 128 Å². The number of hydrogen-bond acceptors (Lipinski definition) is 3. The van der Waals surface area contributed by atoms with Gasteiger partial charge in [0, 0.05) is 30.7 Å². The van der Waals surface area contributed by atoms with Crippen LogP contribution in [-0.2, 0) is 5.41 Å². The van der Waals surface area contributed by atoms with Crippen molar-refractivity contribution in [1.29, 1.82) is 0 Å². The number of nitrogens with zero attached hydrogens (tertiary/aromatic N) is 1. The minimum absolute atomic E-state index is 0.168. The third-order valence-electron chi connectivity index (χ3n) is 5.42. The van der Waals surface area contributed by atoms with Crippen LogP contribution in [0.25, 0.3) is 0 Å². The Bertz CT molecular complexity index is 474. The first-order valence-electron chi connectivity index (χ1n) is 8.43. The lowest BCUT2D eigenvalue weighted by Crippen LogP contribution is -2.36. The molecule has 2 aliphatic rings. The van der Waals surface area contributed by atoms with Crippen molar-refractivity contribution >= 4 is 5.69 Å². The summed E-state index contributed by atoms with van der Waals surface area (Å²) in [5.74, 6) is 0.963. The summed E-state index contributed by atoms with van der Waals surface area (Å²) in [5, 5.41) is 0. The van der Waals surface area contributed by atoms with E-state index in [2.05, 4.69) is 23.1 Å². The van der Waals surface area contributed by atoms with E-state index in [1.54, 1.807) is 7.11 Å². The molecule has 1 aliphatic carbocycles. The Balaban J connectivity index is 2.02. The first-order chi connectivity index (χ1) is 10.3. The van der Waals surface area contributed by atoms with Crippen LogP contribution in [0.3, 0.4) is 0 Å². The normalized spacial score (nSPS) is 21.5. The van der Waals surface area contributed by atoms with Gasteiger partial charge < -0.3 is 15.4 Å². The molecular weight excluding hydrogens is 260 g/mol. The molecule has 1 heterocycles. The zero-order chi connectivity index (χ0) is 14.7. The van der Waals surface area contributed by atoms with E-state index in [0.29, 0.717) is 0 Å². The van der Waals surface area contributed by atoms with Crippen molar-refractivity contribution in [3.63, 3.8) is 0 Å². The van der Waals surface area contributed by atoms with Gasteiger partial charge in [-0.2, -0.15) is 0 Å². The summed E-state index contributed by atoms with van der Waals surface area (Å²) in [7, 11) is 1.75. The van der Waals surface area contributed by atoms with Crippen LogP contribution in [0.2, 0.25) is 0 Å². The van der Waals surface area contributed by atoms with Gasteiger partial charge in [0.2, 0.25) is 0 Å². The SMILES string of the molecule is COc1ccc(N2CCCCC2)c(C2(CN)CCCC2)c1. The number of hydrogen-bond donors (Lipinski definition) is 1. The number of ether oxygens (including phenoxy) is 1. The molecule has 116 valence electrons. The van der Waals surface area contributed by atoms with Gasteiger partial charge in [-0.15, -0.1) is 0 Å². The molecule has 0 bridgehead atoms. The topological polar surface area (TPSA) is 38.5 Å². The Morgan fingerprint density at radius 2 is 1.81 bits per heavy atom. The number of methoxy groups -OCH3 is 1. The zero-order valence-corrected chi connectivity index (χ0v) is 13.2. The zero-order valence-electron chi connectivity index (χ0n) is 13.2. The Hall–Kier alpha value is -1.22. The standard InChI is InChI=1S/C18H28N2O/c1-21-15-7-8-17(20-11-5-2-6-12-20)16(13-15)18(14-19)9-3-4-10-18/h7-8,13H,2-6,9-12,14,19H2,1H3. The predicted molar refractivity (Wildman–Crippen MR) is 88.3 cm³/mol. The van der Waals surface area contributed by atoms with Crippen LogP contribution in [0.1, 0.15) is 50.5 Å². The summed E-state index contributed by atoms with van der Waals surface area (Å²) in [6, 6.07) is 6.62. The first kappa shape index (κ1) is 14.7. The van der Waals surface area contributed by atoms with Crippen LogP contribution in [0.4, 0.5) is 5.69 Å². The van der Waals surface area contributed by atoms with Gasteiger partial charge in [0.1, 0.15) is 5.75 Å². The molecule has 2 N–H and O–H groups in total. The third-order valence-corrected chi connectivity index (χ3v) is 5.42. The van der Waals surface area contributed by atoms with Crippen molar-refractivity contribution in [2.75, 3.05) is 31.6 Å². The minimum atomic E-state index is 0.168. The minimum Gasteiger partial charge on any atom is -0.497 e. The van der Waals surface area contributed by atoms with Crippen molar-refractivity contribution in [3.8, 4) is 5.75 Å². The molecule has 3 rings (SSSR count). The second-order valence-electron chi connectivity index (χ2n) is 6.62. The number of piperidine rings is 1. The molecule has 21 heavy (non-hydrogen) atoms. The summed E-state index contributed by atoms with van der Waals surface area (Å²) in [4.78, 5) is 2.56. The maximum absolute atomic E-state index is 6.23. The van der Waals surface area contributed by atoms with Crippen LogP contribution in [0.15, 0.2) is 18.2 Å². The van der Waals surface area contributed by atoms with E-state index in [9.17, 15) is 0 Å².